The monoisotopic (exact) mass is 259 g/mol. The van der Waals surface area contributed by atoms with Crippen molar-refractivity contribution >= 4 is 22.4 Å². The molecule has 0 aliphatic carbocycles. The van der Waals surface area contributed by atoms with Gasteiger partial charge in [-0.2, -0.15) is 13.2 Å². The summed E-state index contributed by atoms with van der Waals surface area (Å²) >= 11 is 5.79. The van der Waals surface area contributed by atoms with Crippen molar-refractivity contribution in [2.75, 3.05) is 0 Å². The largest absolute Gasteiger partial charge is 0.407 e. The van der Waals surface area contributed by atoms with Crippen LogP contribution in [0, 0.1) is 0 Å². The highest BCUT2D eigenvalue weighted by molar-refractivity contribution is 6.31. The number of benzene rings is 2. The molecule has 0 unspecified atom stereocenters. The summed E-state index contributed by atoms with van der Waals surface area (Å²) in [5.41, 5.74) is 5.28. The Morgan fingerprint density at radius 1 is 1.12 bits per heavy atom. The van der Waals surface area contributed by atoms with Crippen LogP contribution in [-0.4, -0.2) is 6.18 Å². The molecular weight excluding hydrogens is 251 g/mol. The van der Waals surface area contributed by atoms with Crippen LogP contribution in [0.1, 0.15) is 11.6 Å². The molecule has 2 rings (SSSR count). The molecule has 0 aliphatic heterocycles. The van der Waals surface area contributed by atoms with E-state index in [1.165, 1.54) is 6.07 Å². The van der Waals surface area contributed by atoms with E-state index >= 15 is 0 Å². The second-order valence-corrected chi connectivity index (χ2v) is 4.17. The maximum atomic E-state index is 12.6. The maximum Gasteiger partial charge on any atom is 0.407 e. The van der Waals surface area contributed by atoms with Gasteiger partial charge >= 0.3 is 6.18 Å². The molecule has 0 aromatic heterocycles. The van der Waals surface area contributed by atoms with E-state index in [0.29, 0.717) is 15.8 Å². The van der Waals surface area contributed by atoms with Crippen LogP contribution in [0.3, 0.4) is 0 Å². The Labute approximate surface area is 101 Å². The molecule has 0 fully saturated rings. The third kappa shape index (κ3) is 2.37. The number of halogens is 4. The van der Waals surface area contributed by atoms with Gasteiger partial charge in [0.15, 0.2) is 0 Å². The highest BCUT2D eigenvalue weighted by Gasteiger charge is 2.38. The molecule has 5 heteroatoms. The average molecular weight is 260 g/mol. The molecule has 0 aliphatic rings. The van der Waals surface area contributed by atoms with Crippen molar-refractivity contribution in [2.24, 2.45) is 5.73 Å². The molecule has 2 aromatic carbocycles. The Kier molecular flexibility index (Phi) is 3.02. The number of fused-ring (bicyclic) bond motifs is 1. The van der Waals surface area contributed by atoms with Crippen molar-refractivity contribution in [1.82, 2.24) is 0 Å². The van der Waals surface area contributed by atoms with Crippen LogP contribution < -0.4 is 5.73 Å². The minimum absolute atomic E-state index is 0.0617. The summed E-state index contributed by atoms with van der Waals surface area (Å²) in [4.78, 5) is 0. The highest BCUT2D eigenvalue weighted by Crippen LogP contribution is 2.34. The zero-order valence-electron chi connectivity index (χ0n) is 8.63. The Balaban J connectivity index is 2.63. The van der Waals surface area contributed by atoms with Gasteiger partial charge in [0.25, 0.3) is 0 Å². The van der Waals surface area contributed by atoms with Gasteiger partial charge in [0.1, 0.15) is 6.04 Å². The van der Waals surface area contributed by atoms with Gasteiger partial charge in [0.2, 0.25) is 0 Å². The van der Waals surface area contributed by atoms with Gasteiger partial charge in [0.05, 0.1) is 0 Å². The second-order valence-electron chi connectivity index (χ2n) is 3.73. The molecule has 0 saturated heterocycles. The molecule has 0 heterocycles. The lowest BCUT2D eigenvalue weighted by Gasteiger charge is -2.17. The van der Waals surface area contributed by atoms with Crippen molar-refractivity contribution < 1.29 is 13.2 Å². The SMILES string of the molecule is N[C@@H](c1cccc2cc(Cl)ccc12)C(F)(F)F. The molecule has 90 valence electrons. The molecule has 2 aromatic rings. The third-order valence-electron chi connectivity index (χ3n) is 2.56. The van der Waals surface area contributed by atoms with E-state index in [9.17, 15) is 13.2 Å². The summed E-state index contributed by atoms with van der Waals surface area (Å²) in [5.74, 6) is 0. The standard InChI is InChI=1S/C12H9ClF3N/c13-8-4-5-9-7(6-8)2-1-3-10(9)11(17)12(14,15)16/h1-6,11H,17H2/t11-/m0/s1. The van der Waals surface area contributed by atoms with Gasteiger partial charge in [-0.05, 0) is 28.5 Å². The van der Waals surface area contributed by atoms with Gasteiger partial charge in [-0.3, -0.25) is 0 Å². The minimum Gasteiger partial charge on any atom is -0.316 e. The van der Waals surface area contributed by atoms with Crippen LogP contribution in [0.15, 0.2) is 36.4 Å². The van der Waals surface area contributed by atoms with E-state index in [2.05, 4.69) is 0 Å². The van der Waals surface area contributed by atoms with Gasteiger partial charge in [-0.1, -0.05) is 35.9 Å². The smallest absolute Gasteiger partial charge is 0.316 e. The lowest BCUT2D eigenvalue weighted by atomic mass is 9.99. The Morgan fingerprint density at radius 2 is 1.82 bits per heavy atom. The Bertz CT molecular complexity index is 551. The molecule has 0 radical (unpaired) electrons. The summed E-state index contributed by atoms with van der Waals surface area (Å²) < 4.78 is 37.8. The quantitative estimate of drug-likeness (QED) is 0.821. The number of alkyl halides is 3. The molecule has 0 spiro atoms. The molecule has 1 atom stereocenters. The average Bonchev–Trinajstić information content (AvgIpc) is 2.25. The Morgan fingerprint density at radius 3 is 2.47 bits per heavy atom. The first kappa shape index (κ1) is 12.2. The fourth-order valence-corrected chi connectivity index (χ4v) is 1.91. The topological polar surface area (TPSA) is 26.0 Å². The van der Waals surface area contributed by atoms with Crippen LogP contribution in [0.5, 0.6) is 0 Å². The summed E-state index contributed by atoms with van der Waals surface area (Å²) in [6.45, 7) is 0. The number of hydrogen-bond donors (Lipinski definition) is 1. The fourth-order valence-electron chi connectivity index (χ4n) is 1.73. The van der Waals surface area contributed by atoms with Crippen LogP contribution in [0.2, 0.25) is 5.02 Å². The molecular formula is C12H9ClF3N. The molecule has 0 bridgehead atoms. The zero-order valence-corrected chi connectivity index (χ0v) is 9.39. The van der Waals surface area contributed by atoms with Crippen LogP contribution in [0.4, 0.5) is 13.2 Å². The van der Waals surface area contributed by atoms with E-state index in [1.54, 1.807) is 30.3 Å². The molecule has 1 nitrogen and oxygen atoms in total. The highest BCUT2D eigenvalue weighted by atomic mass is 35.5. The molecule has 17 heavy (non-hydrogen) atoms. The van der Waals surface area contributed by atoms with E-state index in [0.717, 1.165) is 0 Å². The van der Waals surface area contributed by atoms with Gasteiger partial charge in [-0.25, -0.2) is 0 Å². The van der Waals surface area contributed by atoms with Gasteiger partial charge in [0, 0.05) is 5.02 Å². The minimum atomic E-state index is -4.45. The van der Waals surface area contributed by atoms with Crippen molar-refractivity contribution in [1.29, 1.82) is 0 Å². The number of rotatable bonds is 1. The second kappa shape index (κ2) is 4.20. The predicted octanol–water partition coefficient (Wildman–Crippen LogP) is 4.06. The summed E-state index contributed by atoms with van der Waals surface area (Å²) in [6, 6.07) is 7.37. The fraction of sp³-hybridized carbons (Fsp3) is 0.167. The first-order valence-corrected chi connectivity index (χ1v) is 5.28. The van der Waals surface area contributed by atoms with E-state index < -0.39 is 12.2 Å². The third-order valence-corrected chi connectivity index (χ3v) is 2.80. The van der Waals surface area contributed by atoms with Crippen molar-refractivity contribution in [3.63, 3.8) is 0 Å². The van der Waals surface area contributed by atoms with Crippen LogP contribution >= 0.6 is 11.6 Å². The van der Waals surface area contributed by atoms with Gasteiger partial charge < -0.3 is 5.73 Å². The number of nitrogens with two attached hydrogens (primary N) is 1. The summed E-state index contributed by atoms with van der Waals surface area (Å²) in [6.07, 6.45) is -4.45. The predicted molar refractivity (Wildman–Crippen MR) is 61.9 cm³/mol. The van der Waals surface area contributed by atoms with E-state index in [-0.39, 0.29) is 5.56 Å². The molecule has 0 saturated carbocycles. The van der Waals surface area contributed by atoms with E-state index in [4.69, 9.17) is 17.3 Å². The van der Waals surface area contributed by atoms with Crippen molar-refractivity contribution in [3.8, 4) is 0 Å². The molecule has 0 amide bonds. The van der Waals surface area contributed by atoms with E-state index in [1.807, 2.05) is 0 Å². The molecule has 2 N–H and O–H groups in total. The van der Waals surface area contributed by atoms with Crippen LogP contribution in [-0.2, 0) is 0 Å². The lowest BCUT2D eigenvalue weighted by molar-refractivity contribution is -0.148. The van der Waals surface area contributed by atoms with Gasteiger partial charge in [-0.15, -0.1) is 0 Å². The van der Waals surface area contributed by atoms with Crippen molar-refractivity contribution in [3.05, 3.63) is 47.0 Å². The summed E-state index contributed by atoms with van der Waals surface area (Å²) in [5, 5.41) is 1.60. The zero-order chi connectivity index (χ0) is 12.6. The Hall–Kier alpha value is -1.26. The van der Waals surface area contributed by atoms with Crippen LogP contribution in [0.25, 0.3) is 10.8 Å². The lowest BCUT2D eigenvalue weighted by Crippen LogP contribution is -2.28. The normalized spacial score (nSPS) is 13.9. The van der Waals surface area contributed by atoms with Crippen molar-refractivity contribution in [2.45, 2.75) is 12.2 Å². The maximum absolute atomic E-state index is 12.6. The summed E-state index contributed by atoms with van der Waals surface area (Å²) in [7, 11) is 0. The number of hydrogen-bond acceptors (Lipinski definition) is 1. The first-order chi connectivity index (χ1) is 7.89. The first-order valence-electron chi connectivity index (χ1n) is 4.90.